The van der Waals surface area contributed by atoms with E-state index in [-0.39, 0.29) is 46.3 Å². The predicted octanol–water partition coefficient (Wildman–Crippen LogP) is 8.28. The SMILES string of the molecule is C=C(C)CC[C@H]1C[C@]23C[C@H](CC=C(C)C)C(C)(C)[C@](CC=C(C)C)(C2=O)c2oc4cc(O)c(O)cc4c(=O)c2[C@]3(O)CC1=C. The molecule has 0 aliphatic heterocycles. The van der Waals surface area contributed by atoms with E-state index in [1.165, 1.54) is 17.7 Å². The standard InChI is InChI=1S/C38H48O6/c1-21(2)10-12-25-19-36-20-26(13-11-22(3)4)35(8,9)37(34(36)42,15-14-23(5)6)33-31(38(36,43)18-24(25)7)32(41)27-16-28(39)29(40)17-30(27)44-33/h11,14,16-17,25-26,39-40,43H,1,7,10,12-13,15,18-20H2,2-6,8-9H3/t25-,26-,36-,37-,38+/m0/s1. The van der Waals surface area contributed by atoms with E-state index in [9.17, 15) is 20.1 Å². The molecule has 6 nitrogen and oxygen atoms in total. The number of fused-ring (bicyclic) bond motifs is 5. The van der Waals surface area contributed by atoms with Gasteiger partial charge in [-0.15, -0.1) is 6.58 Å². The molecule has 3 N–H and O–H groups in total. The number of carbonyl (C=O) groups is 1. The molecule has 0 amide bonds. The van der Waals surface area contributed by atoms with Gasteiger partial charge < -0.3 is 19.7 Å². The molecular weight excluding hydrogens is 552 g/mol. The first-order valence-corrected chi connectivity index (χ1v) is 15.8. The van der Waals surface area contributed by atoms with Crippen LogP contribution in [0.5, 0.6) is 11.5 Å². The first-order valence-electron chi connectivity index (χ1n) is 15.8. The Morgan fingerprint density at radius 2 is 1.66 bits per heavy atom. The number of benzene rings is 1. The highest BCUT2D eigenvalue weighted by Crippen LogP contribution is 2.72. The fraction of sp³-hybridized carbons (Fsp3) is 0.526. The summed E-state index contributed by atoms with van der Waals surface area (Å²) in [6.07, 6.45) is 7.74. The van der Waals surface area contributed by atoms with Crippen LogP contribution < -0.4 is 5.43 Å². The predicted molar refractivity (Wildman–Crippen MR) is 175 cm³/mol. The molecule has 3 aliphatic carbocycles. The molecule has 5 atom stereocenters. The molecule has 2 saturated carbocycles. The zero-order valence-electron chi connectivity index (χ0n) is 27.4. The molecule has 1 heterocycles. The molecule has 44 heavy (non-hydrogen) atoms. The molecule has 236 valence electrons. The molecule has 0 radical (unpaired) electrons. The van der Waals surface area contributed by atoms with Gasteiger partial charge in [0, 0.05) is 12.5 Å². The molecule has 6 heteroatoms. The number of hydrogen-bond acceptors (Lipinski definition) is 6. The Balaban J connectivity index is 1.94. The summed E-state index contributed by atoms with van der Waals surface area (Å²) in [7, 11) is 0. The summed E-state index contributed by atoms with van der Waals surface area (Å²) in [5.41, 5.74) is -1.25. The second kappa shape index (κ2) is 10.6. The van der Waals surface area contributed by atoms with Gasteiger partial charge in [-0.2, -0.15) is 0 Å². The average Bonchev–Trinajstić information content (AvgIpc) is 2.91. The van der Waals surface area contributed by atoms with E-state index in [0.29, 0.717) is 19.3 Å². The number of rotatable bonds is 7. The zero-order valence-corrected chi connectivity index (χ0v) is 27.4. The maximum Gasteiger partial charge on any atom is 0.199 e. The highest BCUT2D eigenvalue weighted by Gasteiger charge is 2.77. The van der Waals surface area contributed by atoms with Crippen LogP contribution in [0.1, 0.15) is 105 Å². The summed E-state index contributed by atoms with van der Waals surface area (Å²) < 4.78 is 6.62. The molecule has 1 aromatic heterocycles. The van der Waals surface area contributed by atoms with Crippen LogP contribution in [-0.2, 0) is 15.8 Å². The van der Waals surface area contributed by atoms with Crippen molar-refractivity contribution in [2.45, 2.75) is 104 Å². The number of allylic oxidation sites excluding steroid dienone is 5. The van der Waals surface area contributed by atoms with Crippen LogP contribution in [0.2, 0.25) is 0 Å². The molecule has 1 aromatic carbocycles. The normalized spacial score (nSPS) is 30.4. The Labute approximate surface area is 260 Å². The van der Waals surface area contributed by atoms with Gasteiger partial charge in [0.05, 0.1) is 21.8 Å². The van der Waals surface area contributed by atoms with E-state index in [0.717, 1.165) is 36.0 Å². The number of aromatic hydroxyl groups is 2. The molecular formula is C38H48O6. The van der Waals surface area contributed by atoms with Crippen molar-refractivity contribution >= 4 is 16.8 Å². The van der Waals surface area contributed by atoms with Gasteiger partial charge in [-0.05, 0) is 96.5 Å². The summed E-state index contributed by atoms with van der Waals surface area (Å²) in [5.74, 6) is -0.798. The highest BCUT2D eigenvalue weighted by molar-refractivity contribution is 6.01. The minimum Gasteiger partial charge on any atom is -0.504 e. The Morgan fingerprint density at radius 1 is 1.02 bits per heavy atom. The van der Waals surface area contributed by atoms with Crippen molar-refractivity contribution in [3.05, 3.63) is 81.3 Å². The number of aliphatic hydroxyl groups is 1. The number of hydrogen-bond donors (Lipinski definition) is 3. The van der Waals surface area contributed by atoms with E-state index in [1.807, 2.05) is 26.8 Å². The lowest BCUT2D eigenvalue weighted by atomic mass is 9.35. The molecule has 2 fully saturated rings. The highest BCUT2D eigenvalue weighted by atomic mass is 16.3. The number of carbonyl (C=O) groups excluding carboxylic acids is 1. The molecule has 1 spiro atoms. The van der Waals surface area contributed by atoms with Crippen LogP contribution >= 0.6 is 0 Å². The molecule has 2 bridgehead atoms. The van der Waals surface area contributed by atoms with Crippen molar-refractivity contribution in [2.24, 2.45) is 22.7 Å². The van der Waals surface area contributed by atoms with E-state index >= 15 is 4.79 Å². The van der Waals surface area contributed by atoms with Crippen molar-refractivity contribution in [2.75, 3.05) is 0 Å². The van der Waals surface area contributed by atoms with E-state index in [1.54, 1.807) is 0 Å². The fourth-order valence-corrected chi connectivity index (χ4v) is 8.63. The number of phenols is 2. The van der Waals surface area contributed by atoms with Crippen molar-refractivity contribution in [3.63, 3.8) is 0 Å². The lowest BCUT2D eigenvalue weighted by Crippen LogP contribution is -2.73. The summed E-state index contributed by atoms with van der Waals surface area (Å²) in [5, 5.41) is 33.9. The maximum absolute atomic E-state index is 15.6. The van der Waals surface area contributed by atoms with Crippen LogP contribution in [0.4, 0.5) is 0 Å². The number of ketones is 1. The minimum absolute atomic E-state index is 0.0114. The van der Waals surface area contributed by atoms with Gasteiger partial charge in [-0.1, -0.05) is 54.9 Å². The van der Waals surface area contributed by atoms with Gasteiger partial charge in [-0.3, -0.25) is 9.59 Å². The molecule has 0 unspecified atom stereocenters. The second-order valence-corrected chi connectivity index (χ2v) is 15.0. The molecule has 2 aromatic rings. The van der Waals surface area contributed by atoms with Crippen LogP contribution in [0.3, 0.4) is 0 Å². The van der Waals surface area contributed by atoms with Crippen molar-refractivity contribution in [1.29, 1.82) is 0 Å². The van der Waals surface area contributed by atoms with Gasteiger partial charge >= 0.3 is 0 Å². The lowest BCUT2D eigenvalue weighted by molar-refractivity contribution is -0.203. The van der Waals surface area contributed by atoms with Crippen LogP contribution in [-0.4, -0.2) is 21.1 Å². The van der Waals surface area contributed by atoms with Crippen molar-refractivity contribution in [3.8, 4) is 11.5 Å². The third kappa shape index (κ3) is 4.39. The average molecular weight is 601 g/mol. The molecule has 5 rings (SSSR count). The smallest absolute Gasteiger partial charge is 0.199 e. The Kier molecular flexibility index (Phi) is 7.72. The van der Waals surface area contributed by atoms with E-state index < -0.39 is 38.8 Å². The van der Waals surface area contributed by atoms with Crippen LogP contribution in [0, 0.1) is 22.7 Å². The van der Waals surface area contributed by atoms with Crippen LogP contribution in [0.15, 0.2) is 68.9 Å². The Morgan fingerprint density at radius 3 is 2.27 bits per heavy atom. The fourth-order valence-electron chi connectivity index (χ4n) is 8.63. The summed E-state index contributed by atoms with van der Waals surface area (Å²) >= 11 is 0. The van der Waals surface area contributed by atoms with Gasteiger partial charge in [0.25, 0.3) is 0 Å². The summed E-state index contributed by atoms with van der Waals surface area (Å²) in [6, 6.07) is 2.42. The minimum atomic E-state index is -1.84. The third-order valence-electron chi connectivity index (χ3n) is 11.3. The largest absolute Gasteiger partial charge is 0.504 e. The van der Waals surface area contributed by atoms with Gasteiger partial charge in [0.2, 0.25) is 0 Å². The molecule has 0 saturated heterocycles. The Hall–Kier alpha value is -3.38. The summed E-state index contributed by atoms with van der Waals surface area (Å²) in [4.78, 5) is 30.3. The number of phenolic OH excluding ortho intramolecular Hbond substituents is 2. The van der Waals surface area contributed by atoms with E-state index in [2.05, 4.69) is 46.9 Å². The van der Waals surface area contributed by atoms with Gasteiger partial charge in [0.15, 0.2) is 22.7 Å². The Bertz CT molecular complexity index is 1690. The van der Waals surface area contributed by atoms with Crippen LogP contribution in [0.25, 0.3) is 11.0 Å². The first-order chi connectivity index (χ1) is 20.4. The monoisotopic (exact) mass is 600 g/mol. The lowest BCUT2D eigenvalue weighted by Gasteiger charge is -2.67. The second-order valence-electron chi connectivity index (χ2n) is 15.0. The maximum atomic E-state index is 15.6. The first kappa shape index (κ1) is 32.0. The number of Topliss-reactive ketones (excluding diaryl/α,β-unsaturated/α-hetero) is 1. The van der Waals surface area contributed by atoms with E-state index in [4.69, 9.17) is 4.42 Å². The zero-order chi connectivity index (χ0) is 32.6. The van der Waals surface area contributed by atoms with Crippen molar-refractivity contribution < 1.29 is 24.5 Å². The quantitative estimate of drug-likeness (QED) is 0.218. The third-order valence-corrected chi connectivity index (χ3v) is 11.3. The summed E-state index contributed by atoms with van der Waals surface area (Å²) in [6.45, 7) is 22.8. The van der Waals surface area contributed by atoms with Gasteiger partial charge in [-0.25, -0.2) is 0 Å². The van der Waals surface area contributed by atoms with Crippen molar-refractivity contribution in [1.82, 2.24) is 0 Å². The topological polar surface area (TPSA) is 108 Å². The molecule has 3 aliphatic rings. The van der Waals surface area contributed by atoms with Gasteiger partial charge in [0.1, 0.15) is 16.9 Å².